The molecule has 0 spiro atoms. The van der Waals surface area contributed by atoms with Gasteiger partial charge in [0, 0.05) is 18.5 Å². The van der Waals surface area contributed by atoms with E-state index in [0.717, 1.165) is 43.4 Å². The van der Waals surface area contributed by atoms with Crippen molar-refractivity contribution >= 4 is 17.3 Å². The minimum Gasteiger partial charge on any atom is -0.493 e. The van der Waals surface area contributed by atoms with Gasteiger partial charge < -0.3 is 20.1 Å². The molecule has 1 aromatic carbocycles. The van der Waals surface area contributed by atoms with Crippen LogP contribution in [-0.2, 0) is 13.0 Å². The number of hydrogen-bond acceptors (Lipinski definition) is 4. The number of benzene rings is 1. The number of aryl methyl sites for hydroxylation is 1. The highest BCUT2D eigenvalue weighted by atomic mass is 32.1. The number of guanidine groups is 1. The molecule has 2 aromatic rings. The second-order valence-corrected chi connectivity index (χ2v) is 6.26. The minimum absolute atomic E-state index is 0.762. The van der Waals surface area contributed by atoms with Crippen molar-refractivity contribution in [3.8, 4) is 11.5 Å². The van der Waals surface area contributed by atoms with E-state index in [9.17, 15) is 0 Å². The molecule has 0 saturated carbocycles. The molecule has 0 atom stereocenters. The van der Waals surface area contributed by atoms with Crippen LogP contribution in [0.4, 0.5) is 0 Å². The molecule has 2 rings (SSSR count). The molecule has 0 amide bonds. The second kappa shape index (κ2) is 9.82. The number of aliphatic imine (C=N–C) groups is 1. The van der Waals surface area contributed by atoms with Crippen LogP contribution in [0.2, 0.25) is 0 Å². The van der Waals surface area contributed by atoms with Crippen LogP contribution < -0.4 is 20.1 Å². The monoisotopic (exact) mass is 347 g/mol. The lowest BCUT2D eigenvalue weighted by atomic mass is 10.1. The Labute approximate surface area is 147 Å². The molecule has 0 radical (unpaired) electrons. The molecule has 24 heavy (non-hydrogen) atoms. The average Bonchev–Trinajstić information content (AvgIpc) is 3.14. The minimum atomic E-state index is 0.762. The molecule has 0 bridgehead atoms. The number of nitrogens with zero attached hydrogens (tertiary/aromatic N) is 1. The highest BCUT2D eigenvalue weighted by molar-refractivity contribution is 7.09. The van der Waals surface area contributed by atoms with E-state index in [1.807, 2.05) is 12.1 Å². The number of methoxy groups -OCH3 is 2. The van der Waals surface area contributed by atoms with Crippen LogP contribution in [-0.4, -0.2) is 33.8 Å². The maximum absolute atomic E-state index is 5.34. The Morgan fingerprint density at radius 2 is 1.96 bits per heavy atom. The SMILES string of the molecule is CN=C(NCCCc1ccc(OC)c(OC)c1)NCc1cccs1. The Morgan fingerprint density at radius 3 is 2.62 bits per heavy atom. The van der Waals surface area contributed by atoms with Crippen molar-refractivity contribution < 1.29 is 9.47 Å². The van der Waals surface area contributed by atoms with E-state index in [4.69, 9.17) is 9.47 Å². The van der Waals surface area contributed by atoms with E-state index >= 15 is 0 Å². The van der Waals surface area contributed by atoms with E-state index in [2.05, 4.69) is 39.2 Å². The zero-order valence-electron chi connectivity index (χ0n) is 14.5. The molecule has 0 unspecified atom stereocenters. The first-order valence-electron chi connectivity index (χ1n) is 7.94. The van der Waals surface area contributed by atoms with E-state index < -0.39 is 0 Å². The molecular weight excluding hydrogens is 322 g/mol. The molecule has 0 fully saturated rings. The van der Waals surface area contributed by atoms with Crippen LogP contribution in [0.1, 0.15) is 16.9 Å². The smallest absolute Gasteiger partial charge is 0.191 e. The van der Waals surface area contributed by atoms with Gasteiger partial charge in [0.25, 0.3) is 0 Å². The summed E-state index contributed by atoms with van der Waals surface area (Å²) in [5, 5.41) is 8.74. The number of nitrogens with one attached hydrogen (secondary N) is 2. The van der Waals surface area contributed by atoms with Gasteiger partial charge in [0.2, 0.25) is 0 Å². The Hall–Kier alpha value is -2.21. The zero-order valence-corrected chi connectivity index (χ0v) is 15.3. The molecule has 0 saturated heterocycles. The van der Waals surface area contributed by atoms with Crippen molar-refractivity contribution in [3.05, 3.63) is 46.2 Å². The predicted octanol–water partition coefficient (Wildman–Crippen LogP) is 3.06. The van der Waals surface area contributed by atoms with Crippen LogP contribution in [0.3, 0.4) is 0 Å². The Morgan fingerprint density at radius 1 is 1.12 bits per heavy atom. The summed E-state index contributed by atoms with van der Waals surface area (Å²) < 4.78 is 10.6. The summed E-state index contributed by atoms with van der Waals surface area (Å²) in [5.41, 5.74) is 1.23. The van der Waals surface area contributed by atoms with Gasteiger partial charge in [-0.3, -0.25) is 4.99 Å². The zero-order chi connectivity index (χ0) is 17.2. The molecule has 2 N–H and O–H groups in total. The van der Waals surface area contributed by atoms with Gasteiger partial charge in [-0.25, -0.2) is 0 Å². The lowest BCUT2D eigenvalue weighted by molar-refractivity contribution is 0.354. The first-order chi connectivity index (χ1) is 11.8. The van der Waals surface area contributed by atoms with Crippen molar-refractivity contribution in [2.75, 3.05) is 27.8 Å². The normalized spacial score (nSPS) is 11.2. The summed E-state index contributed by atoms with van der Waals surface area (Å²) in [6.07, 6.45) is 1.98. The van der Waals surface area contributed by atoms with Crippen LogP contribution in [0, 0.1) is 0 Å². The molecule has 5 nitrogen and oxygen atoms in total. The molecular formula is C18H25N3O2S. The van der Waals surface area contributed by atoms with Gasteiger partial charge in [-0.05, 0) is 42.0 Å². The third-order valence-corrected chi connectivity index (χ3v) is 4.49. The summed E-state index contributed by atoms with van der Waals surface area (Å²) in [6.45, 7) is 1.66. The molecule has 1 heterocycles. The van der Waals surface area contributed by atoms with Gasteiger partial charge >= 0.3 is 0 Å². The van der Waals surface area contributed by atoms with E-state index in [0.29, 0.717) is 0 Å². The van der Waals surface area contributed by atoms with Crippen LogP contribution >= 0.6 is 11.3 Å². The highest BCUT2D eigenvalue weighted by Crippen LogP contribution is 2.27. The van der Waals surface area contributed by atoms with E-state index in [1.165, 1.54) is 10.4 Å². The lowest BCUT2D eigenvalue weighted by Gasteiger charge is -2.12. The first-order valence-corrected chi connectivity index (χ1v) is 8.82. The molecule has 0 aliphatic rings. The molecule has 1 aromatic heterocycles. The number of hydrogen-bond donors (Lipinski definition) is 2. The van der Waals surface area contributed by atoms with Crippen molar-refractivity contribution in [1.29, 1.82) is 0 Å². The number of rotatable bonds is 8. The van der Waals surface area contributed by atoms with Gasteiger partial charge in [0.05, 0.1) is 20.8 Å². The second-order valence-electron chi connectivity index (χ2n) is 5.22. The first kappa shape index (κ1) is 18.1. The maximum Gasteiger partial charge on any atom is 0.191 e. The summed E-state index contributed by atoms with van der Waals surface area (Å²) in [4.78, 5) is 5.54. The van der Waals surface area contributed by atoms with Crippen molar-refractivity contribution in [1.82, 2.24) is 10.6 Å². The van der Waals surface area contributed by atoms with E-state index in [-0.39, 0.29) is 0 Å². The number of thiophene rings is 1. The third-order valence-electron chi connectivity index (χ3n) is 3.62. The summed E-state index contributed by atoms with van der Waals surface area (Å²) in [6, 6.07) is 10.2. The van der Waals surface area contributed by atoms with Gasteiger partial charge in [-0.2, -0.15) is 0 Å². The van der Waals surface area contributed by atoms with E-state index in [1.54, 1.807) is 32.6 Å². The Balaban J connectivity index is 1.73. The summed E-state index contributed by atoms with van der Waals surface area (Å²) in [7, 11) is 5.10. The Kier molecular flexibility index (Phi) is 7.42. The van der Waals surface area contributed by atoms with Crippen LogP contribution in [0.15, 0.2) is 40.7 Å². The average molecular weight is 347 g/mol. The Bertz CT molecular complexity index is 642. The van der Waals surface area contributed by atoms with Crippen LogP contribution in [0.5, 0.6) is 11.5 Å². The van der Waals surface area contributed by atoms with Crippen molar-refractivity contribution in [2.24, 2.45) is 4.99 Å². The maximum atomic E-state index is 5.34. The molecule has 0 aliphatic heterocycles. The molecule has 6 heteroatoms. The topological polar surface area (TPSA) is 54.9 Å². The molecule has 130 valence electrons. The highest BCUT2D eigenvalue weighted by Gasteiger charge is 2.04. The third kappa shape index (κ3) is 5.45. The summed E-state index contributed by atoms with van der Waals surface area (Å²) in [5.74, 6) is 2.37. The van der Waals surface area contributed by atoms with Crippen LogP contribution in [0.25, 0.3) is 0 Å². The molecule has 0 aliphatic carbocycles. The fourth-order valence-electron chi connectivity index (χ4n) is 2.34. The predicted molar refractivity (Wildman–Crippen MR) is 100 cm³/mol. The van der Waals surface area contributed by atoms with Crippen molar-refractivity contribution in [3.63, 3.8) is 0 Å². The summed E-state index contributed by atoms with van der Waals surface area (Å²) >= 11 is 1.74. The fourth-order valence-corrected chi connectivity index (χ4v) is 2.98. The van der Waals surface area contributed by atoms with Crippen molar-refractivity contribution in [2.45, 2.75) is 19.4 Å². The largest absolute Gasteiger partial charge is 0.493 e. The van der Waals surface area contributed by atoms with Gasteiger partial charge in [0.15, 0.2) is 17.5 Å². The standard InChI is InChI=1S/C18H25N3O2S/c1-19-18(21-13-15-7-5-11-24-15)20-10-4-6-14-8-9-16(22-2)17(12-14)23-3/h5,7-9,11-12H,4,6,10,13H2,1-3H3,(H2,19,20,21). The quantitative estimate of drug-likeness (QED) is 0.438. The lowest BCUT2D eigenvalue weighted by Crippen LogP contribution is -2.37. The van der Waals surface area contributed by atoms with Gasteiger partial charge in [-0.15, -0.1) is 11.3 Å². The number of ether oxygens (including phenoxy) is 2. The fraction of sp³-hybridized carbons (Fsp3) is 0.389. The van der Waals surface area contributed by atoms with Gasteiger partial charge in [0.1, 0.15) is 0 Å². The van der Waals surface area contributed by atoms with Gasteiger partial charge in [-0.1, -0.05) is 12.1 Å².